The molecule has 17 heavy (non-hydrogen) atoms. The number of pyridine rings is 1. The van der Waals surface area contributed by atoms with Gasteiger partial charge in [0.05, 0.1) is 11.0 Å². The Bertz CT molecular complexity index is 406. The van der Waals surface area contributed by atoms with Gasteiger partial charge in [-0.2, -0.15) is 0 Å². The van der Waals surface area contributed by atoms with Crippen molar-refractivity contribution in [1.29, 1.82) is 0 Å². The quantitative estimate of drug-likeness (QED) is 0.619. The van der Waals surface area contributed by atoms with Crippen molar-refractivity contribution in [1.82, 2.24) is 4.98 Å². The van der Waals surface area contributed by atoms with Crippen LogP contribution in [0.4, 0.5) is 11.5 Å². The standard InChI is InChI=1S/C11H18N4O2/c1-11(2,7-12)8-14(3)10-6-9(15(16)17)4-5-13-10/h4-6H,7-8,12H2,1-3H3. The summed E-state index contributed by atoms with van der Waals surface area (Å²) < 4.78 is 0. The van der Waals surface area contributed by atoms with E-state index in [0.717, 1.165) is 0 Å². The molecule has 0 aliphatic carbocycles. The fraction of sp³-hybridized carbons (Fsp3) is 0.545. The predicted molar refractivity (Wildman–Crippen MR) is 67.0 cm³/mol. The molecule has 1 aromatic heterocycles. The van der Waals surface area contributed by atoms with Gasteiger partial charge in [0.1, 0.15) is 5.82 Å². The molecule has 0 amide bonds. The van der Waals surface area contributed by atoms with Crippen LogP contribution in [0, 0.1) is 15.5 Å². The van der Waals surface area contributed by atoms with Crippen molar-refractivity contribution in [2.45, 2.75) is 13.8 Å². The van der Waals surface area contributed by atoms with Crippen LogP contribution in [0.1, 0.15) is 13.8 Å². The summed E-state index contributed by atoms with van der Waals surface area (Å²) in [5.74, 6) is 0.584. The highest BCUT2D eigenvalue weighted by molar-refractivity contribution is 5.46. The fourth-order valence-electron chi connectivity index (χ4n) is 1.52. The summed E-state index contributed by atoms with van der Waals surface area (Å²) >= 11 is 0. The first kappa shape index (κ1) is 13.4. The molecule has 6 nitrogen and oxygen atoms in total. The smallest absolute Gasteiger partial charge is 0.274 e. The highest BCUT2D eigenvalue weighted by Crippen LogP contribution is 2.21. The van der Waals surface area contributed by atoms with E-state index in [0.29, 0.717) is 18.9 Å². The molecule has 0 fully saturated rings. The molecule has 0 aromatic carbocycles. The summed E-state index contributed by atoms with van der Waals surface area (Å²) in [6, 6.07) is 2.85. The molecular weight excluding hydrogens is 220 g/mol. The monoisotopic (exact) mass is 238 g/mol. The van der Waals surface area contributed by atoms with E-state index in [4.69, 9.17) is 5.73 Å². The lowest BCUT2D eigenvalue weighted by Gasteiger charge is -2.29. The minimum atomic E-state index is -0.424. The van der Waals surface area contributed by atoms with Crippen molar-refractivity contribution in [3.05, 3.63) is 28.4 Å². The number of nitrogens with two attached hydrogens (primary N) is 1. The molecule has 0 spiro atoms. The van der Waals surface area contributed by atoms with Gasteiger partial charge in [0.25, 0.3) is 5.69 Å². The van der Waals surface area contributed by atoms with Gasteiger partial charge in [-0.1, -0.05) is 13.8 Å². The van der Waals surface area contributed by atoms with Crippen molar-refractivity contribution in [2.24, 2.45) is 11.1 Å². The second-order valence-electron chi connectivity index (χ2n) is 4.85. The van der Waals surface area contributed by atoms with Crippen LogP contribution in [-0.4, -0.2) is 30.0 Å². The van der Waals surface area contributed by atoms with Crippen LogP contribution < -0.4 is 10.6 Å². The maximum Gasteiger partial charge on any atom is 0.274 e. The maximum absolute atomic E-state index is 10.7. The largest absolute Gasteiger partial charge is 0.359 e. The Hall–Kier alpha value is -1.69. The highest BCUT2D eigenvalue weighted by Gasteiger charge is 2.19. The number of rotatable bonds is 5. The Morgan fingerprint density at radius 1 is 1.59 bits per heavy atom. The summed E-state index contributed by atoms with van der Waals surface area (Å²) in [6.45, 7) is 5.33. The average molecular weight is 238 g/mol. The molecule has 1 aromatic rings. The molecule has 2 N–H and O–H groups in total. The third-order valence-electron chi connectivity index (χ3n) is 2.55. The number of aromatic nitrogens is 1. The predicted octanol–water partition coefficient (Wildman–Crippen LogP) is 1.41. The Morgan fingerprint density at radius 2 is 2.24 bits per heavy atom. The van der Waals surface area contributed by atoms with Crippen LogP contribution in [0.25, 0.3) is 0 Å². The lowest BCUT2D eigenvalue weighted by molar-refractivity contribution is -0.384. The van der Waals surface area contributed by atoms with Crippen molar-refractivity contribution < 1.29 is 4.92 Å². The van der Waals surface area contributed by atoms with Crippen LogP contribution in [0.2, 0.25) is 0 Å². The summed E-state index contributed by atoms with van der Waals surface area (Å²) in [5, 5.41) is 10.7. The zero-order valence-corrected chi connectivity index (χ0v) is 10.4. The van der Waals surface area contributed by atoms with E-state index in [1.807, 2.05) is 25.8 Å². The van der Waals surface area contributed by atoms with Crippen LogP contribution in [0.3, 0.4) is 0 Å². The first-order valence-corrected chi connectivity index (χ1v) is 5.37. The summed E-state index contributed by atoms with van der Waals surface area (Å²) in [4.78, 5) is 16.2. The lowest BCUT2D eigenvalue weighted by Crippen LogP contribution is -2.37. The van der Waals surface area contributed by atoms with Crippen LogP contribution in [0.15, 0.2) is 18.3 Å². The summed E-state index contributed by atoms with van der Waals surface area (Å²) in [5.41, 5.74) is 5.65. The van der Waals surface area contributed by atoms with Gasteiger partial charge in [-0.15, -0.1) is 0 Å². The third kappa shape index (κ3) is 3.67. The molecule has 0 unspecified atom stereocenters. The minimum Gasteiger partial charge on any atom is -0.359 e. The first-order chi connectivity index (χ1) is 7.85. The van der Waals surface area contributed by atoms with E-state index < -0.39 is 4.92 Å². The molecule has 94 valence electrons. The Morgan fingerprint density at radius 3 is 2.76 bits per heavy atom. The molecular formula is C11H18N4O2. The Kier molecular flexibility index (Phi) is 4.01. The summed E-state index contributed by atoms with van der Waals surface area (Å²) in [6.07, 6.45) is 1.44. The van der Waals surface area contributed by atoms with E-state index >= 15 is 0 Å². The zero-order valence-electron chi connectivity index (χ0n) is 10.4. The average Bonchev–Trinajstić information content (AvgIpc) is 2.28. The van der Waals surface area contributed by atoms with Crippen LogP contribution >= 0.6 is 0 Å². The molecule has 0 bridgehead atoms. The SMILES string of the molecule is CN(CC(C)(C)CN)c1cc([N+](=O)[O-])ccn1. The third-order valence-corrected chi connectivity index (χ3v) is 2.55. The summed E-state index contributed by atoms with van der Waals surface area (Å²) in [7, 11) is 1.85. The molecule has 1 heterocycles. The molecule has 0 atom stereocenters. The minimum absolute atomic E-state index is 0.0485. The van der Waals surface area contributed by atoms with E-state index in [-0.39, 0.29) is 11.1 Å². The van der Waals surface area contributed by atoms with Gasteiger partial charge in [-0.05, 0) is 12.0 Å². The van der Waals surface area contributed by atoms with Gasteiger partial charge in [0, 0.05) is 25.9 Å². The number of hydrogen-bond acceptors (Lipinski definition) is 5. The van der Waals surface area contributed by atoms with Crippen molar-refractivity contribution in [3.8, 4) is 0 Å². The second-order valence-corrected chi connectivity index (χ2v) is 4.85. The van der Waals surface area contributed by atoms with Crippen LogP contribution in [0.5, 0.6) is 0 Å². The van der Waals surface area contributed by atoms with Gasteiger partial charge in [0.15, 0.2) is 0 Å². The molecule has 1 rings (SSSR count). The topological polar surface area (TPSA) is 85.3 Å². The zero-order chi connectivity index (χ0) is 13.1. The number of hydrogen-bond donors (Lipinski definition) is 1. The second kappa shape index (κ2) is 5.09. The van der Waals surface area contributed by atoms with E-state index in [1.165, 1.54) is 18.3 Å². The van der Waals surface area contributed by atoms with E-state index in [9.17, 15) is 10.1 Å². The van der Waals surface area contributed by atoms with Gasteiger partial charge in [0.2, 0.25) is 0 Å². The van der Waals surface area contributed by atoms with Gasteiger partial charge in [-0.3, -0.25) is 10.1 Å². The Balaban J connectivity index is 2.85. The molecule has 0 saturated carbocycles. The number of anilines is 1. The maximum atomic E-state index is 10.7. The molecule has 0 saturated heterocycles. The molecule has 6 heteroatoms. The van der Waals surface area contributed by atoms with E-state index in [2.05, 4.69) is 4.98 Å². The van der Waals surface area contributed by atoms with Gasteiger partial charge in [-0.25, -0.2) is 4.98 Å². The number of nitrogens with zero attached hydrogens (tertiary/aromatic N) is 3. The van der Waals surface area contributed by atoms with Crippen molar-refractivity contribution in [3.63, 3.8) is 0 Å². The van der Waals surface area contributed by atoms with Crippen molar-refractivity contribution in [2.75, 3.05) is 25.0 Å². The van der Waals surface area contributed by atoms with Crippen LogP contribution in [-0.2, 0) is 0 Å². The van der Waals surface area contributed by atoms with Gasteiger partial charge < -0.3 is 10.6 Å². The fourth-order valence-corrected chi connectivity index (χ4v) is 1.52. The molecule has 0 radical (unpaired) electrons. The normalized spacial score (nSPS) is 11.3. The lowest BCUT2D eigenvalue weighted by atomic mass is 9.93. The first-order valence-electron chi connectivity index (χ1n) is 5.37. The number of nitro groups is 1. The molecule has 0 aliphatic rings. The Labute approximate surface area is 101 Å². The van der Waals surface area contributed by atoms with E-state index in [1.54, 1.807) is 0 Å². The molecule has 0 aliphatic heterocycles. The van der Waals surface area contributed by atoms with Crippen molar-refractivity contribution >= 4 is 11.5 Å². The highest BCUT2D eigenvalue weighted by atomic mass is 16.6. The van der Waals surface area contributed by atoms with Gasteiger partial charge >= 0.3 is 0 Å².